The lowest BCUT2D eigenvalue weighted by Crippen LogP contribution is -2.30. The van der Waals surface area contributed by atoms with E-state index in [4.69, 9.17) is 9.47 Å². The molecule has 0 heterocycles. The van der Waals surface area contributed by atoms with E-state index in [1.54, 1.807) is 59.9 Å². The van der Waals surface area contributed by atoms with Gasteiger partial charge in [-0.2, -0.15) is 13.2 Å². The van der Waals surface area contributed by atoms with Crippen LogP contribution in [0.3, 0.4) is 0 Å². The molecule has 5 aromatic carbocycles. The summed E-state index contributed by atoms with van der Waals surface area (Å²) >= 11 is 0.779. The third-order valence-electron chi connectivity index (χ3n) is 7.73. The first-order valence-corrected chi connectivity index (χ1v) is 16.8. The molecule has 0 fully saturated rings. The van der Waals surface area contributed by atoms with Crippen molar-refractivity contribution >= 4 is 46.9 Å². The molecular formula is C39H28F7N3O5S. The van der Waals surface area contributed by atoms with Crippen LogP contribution in [-0.4, -0.2) is 31.9 Å². The highest BCUT2D eigenvalue weighted by Crippen LogP contribution is 2.41. The molecule has 0 aliphatic carbocycles. The van der Waals surface area contributed by atoms with Gasteiger partial charge in [0.1, 0.15) is 22.2 Å². The van der Waals surface area contributed by atoms with Gasteiger partial charge in [0.25, 0.3) is 11.8 Å². The standard InChI is InChI=1S/C39H28F7N3O5S/c1-53-27-17-16-21(19-28(27)54-2)18-26(48-36(50)23-12-7-4-8-13-23)37(51)47-24-14-9-15-25(20-24)55-35(22-10-5-3-6-11-22)38(52)49-34-32(42)30(40)29(39(44,45)46)31(41)33(34)43/h3-20,35H,1-2H3,(H,47,51)(H,48,50)(H,49,52)/b26-18+. The minimum Gasteiger partial charge on any atom is -0.493 e. The Bertz CT molecular complexity index is 2230. The van der Waals surface area contributed by atoms with E-state index in [-0.39, 0.29) is 27.4 Å². The van der Waals surface area contributed by atoms with Crippen LogP contribution >= 0.6 is 11.8 Å². The van der Waals surface area contributed by atoms with Gasteiger partial charge in [0.15, 0.2) is 34.8 Å². The summed E-state index contributed by atoms with van der Waals surface area (Å²) in [6.07, 6.45) is -4.37. The van der Waals surface area contributed by atoms with Crippen LogP contribution in [-0.2, 0) is 15.8 Å². The van der Waals surface area contributed by atoms with Gasteiger partial charge in [-0.1, -0.05) is 60.7 Å². The number of carbonyl (C=O) groups is 3. The molecule has 0 aliphatic rings. The molecule has 0 radical (unpaired) electrons. The zero-order valence-electron chi connectivity index (χ0n) is 28.6. The zero-order valence-corrected chi connectivity index (χ0v) is 29.4. The van der Waals surface area contributed by atoms with Crippen LogP contribution in [0.4, 0.5) is 42.1 Å². The number of carbonyl (C=O) groups excluding carboxylic acids is 3. The number of alkyl halides is 3. The normalized spacial score (nSPS) is 12.1. The molecule has 0 saturated heterocycles. The Hall–Kier alpha value is -6.29. The third-order valence-corrected chi connectivity index (χ3v) is 8.98. The van der Waals surface area contributed by atoms with Gasteiger partial charge in [0, 0.05) is 16.1 Å². The number of benzene rings is 5. The summed E-state index contributed by atoms with van der Waals surface area (Å²) in [7, 11) is 2.88. The van der Waals surface area contributed by atoms with E-state index in [1.165, 1.54) is 68.8 Å². The largest absolute Gasteiger partial charge is 0.493 e. The van der Waals surface area contributed by atoms with Gasteiger partial charge in [-0.05, 0) is 59.7 Å². The van der Waals surface area contributed by atoms with E-state index < -0.39 is 63.7 Å². The Morgan fingerprint density at radius 1 is 0.709 bits per heavy atom. The quantitative estimate of drug-likeness (QED) is 0.0505. The molecule has 0 saturated carbocycles. The van der Waals surface area contributed by atoms with E-state index in [0.717, 1.165) is 11.8 Å². The Kier molecular flexibility index (Phi) is 12.5. The molecule has 3 amide bonds. The highest BCUT2D eigenvalue weighted by Gasteiger charge is 2.43. The van der Waals surface area contributed by atoms with E-state index in [1.807, 2.05) is 0 Å². The minimum absolute atomic E-state index is 0.165. The smallest absolute Gasteiger partial charge is 0.422 e. The Balaban J connectivity index is 1.44. The maximum atomic E-state index is 14.7. The summed E-state index contributed by atoms with van der Waals surface area (Å²) in [5, 5.41) is 5.58. The molecule has 3 N–H and O–H groups in total. The van der Waals surface area contributed by atoms with Gasteiger partial charge < -0.3 is 25.4 Å². The monoisotopic (exact) mass is 783 g/mol. The summed E-state index contributed by atoms with van der Waals surface area (Å²) in [5.74, 6) is -12.2. The number of rotatable bonds is 12. The lowest BCUT2D eigenvalue weighted by atomic mass is 10.1. The molecule has 1 atom stereocenters. The van der Waals surface area contributed by atoms with Gasteiger partial charge in [0.2, 0.25) is 5.91 Å². The second kappa shape index (κ2) is 17.2. The van der Waals surface area contributed by atoms with Gasteiger partial charge in [-0.25, -0.2) is 17.6 Å². The fraction of sp³-hybridized carbons (Fsp3) is 0.103. The average molecular weight is 784 g/mol. The predicted molar refractivity (Wildman–Crippen MR) is 191 cm³/mol. The number of anilines is 2. The van der Waals surface area contributed by atoms with E-state index >= 15 is 0 Å². The number of hydrogen-bond donors (Lipinski definition) is 3. The number of methoxy groups -OCH3 is 2. The van der Waals surface area contributed by atoms with Gasteiger partial charge in [-0.15, -0.1) is 11.8 Å². The Morgan fingerprint density at radius 2 is 1.33 bits per heavy atom. The van der Waals surface area contributed by atoms with Crippen molar-refractivity contribution in [3.63, 3.8) is 0 Å². The molecular weight excluding hydrogens is 755 g/mol. The first-order valence-electron chi connectivity index (χ1n) is 15.9. The fourth-order valence-electron chi connectivity index (χ4n) is 5.11. The Morgan fingerprint density at radius 3 is 1.93 bits per heavy atom. The summed E-state index contributed by atoms with van der Waals surface area (Å²) < 4.78 is 108. The van der Waals surface area contributed by atoms with Crippen molar-refractivity contribution in [1.29, 1.82) is 0 Å². The molecule has 0 aromatic heterocycles. The van der Waals surface area contributed by atoms with E-state index in [0.29, 0.717) is 17.1 Å². The van der Waals surface area contributed by atoms with E-state index in [9.17, 15) is 45.1 Å². The molecule has 5 rings (SSSR count). The van der Waals surface area contributed by atoms with Crippen LogP contribution in [0.5, 0.6) is 11.5 Å². The summed E-state index contributed by atoms with van der Waals surface area (Å²) in [6.45, 7) is 0. The fourth-order valence-corrected chi connectivity index (χ4v) is 6.20. The molecule has 0 aliphatic heterocycles. The van der Waals surface area contributed by atoms with Crippen molar-refractivity contribution in [2.24, 2.45) is 0 Å². The van der Waals surface area contributed by atoms with E-state index in [2.05, 4.69) is 10.6 Å². The van der Waals surface area contributed by atoms with Crippen molar-refractivity contribution in [3.05, 3.63) is 154 Å². The molecule has 16 heteroatoms. The molecule has 1 unspecified atom stereocenters. The number of thioether (sulfide) groups is 1. The molecule has 0 bridgehead atoms. The van der Waals surface area contributed by atoms with Crippen LogP contribution in [0.15, 0.2) is 114 Å². The van der Waals surface area contributed by atoms with Crippen molar-refractivity contribution < 1.29 is 54.6 Å². The zero-order chi connectivity index (χ0) is 39.9. The topological polar surface area (TPSA) is 106 Å². The summed E-state index contributed by atoms with van der Waals surface area (Å²) in [5.41, 5.74) is -3.59. The molecule has 5 aromatic rings. The number of amides is 3. The SMILES string of the molecule is COc1ccc(/C=C(/NC(=O)c2ccccc2)C(=O)Nc2cccc(SC(C(=O)Nc3c(F)c(F)c(C(F)(F)F)c(F)c3F)c3ccccc3)c2)cc1OC. The van der Waals surface area contributed by atoms with Crippen LogP contribution in [0.1, 0.15) is 32.3 Å². The van der Waals surface area contributed by atoms with Crippen LogP contribution < -0.4 is 25.4 Å². The average Bonchev–Trinajstić information content (AvgIpc) is 3.17. The lowest BCUT2D eigenvalue weighted by Gasteiger charge is -2.19. The van der Waals surface area contributed by atoms with Crippen molar-refractivity contribution in [1.82, 2.24) is 5.32 Å². The maximum absolute atomic E-state index is 14.7. The first kappa shape index (κ1) is 39.9. The van der Waals surface area contributed by atoms with Gasteiger partial charge in [-0.3, -0.25) is 14.4 Å². The molecule has 0 spiro atoms. The first-order chi connectivity index (χ1) is 26.2. The minimum atomic E-state index is -5.77. The van der Waals surface area contributed by atoms with Gasteiger partial charge in [0.05, 0.1) is 14.2 Å². The summed E-state index contributed by atoms with van der Waals surface area (Å²) in [6, 6.07) is 26.4. The highest BCUT2D eigenvalue weighted by atomic mass is 32.2. The van der Waals surface area contributed by atoms with Gasteiger partial charge >= 0.3 is 6.18 Å². The highest BCUT2D eigenvalue weighted by molar-refractivity contribution is 8.00. The van der Waals surface area contributed by atoms with Crippen molar-refractivity contribution in [2.75, 3.05) is 24.9 Å². The van der Waals surface area contributed by atoms with Crippen molar-refractivity contribution in [2.45, 2.75) is 16.3 Å². The second-order valence-corrected chi connectivity index (χ2v) is 12.6. The van der Waals surface area contributed by atoms with Crippen molar-refractivity contribution in [3.8, 4) is 11.5 Å². The second-order valence-electron chi connectivity index (χ2n) is 11.4. The maximum Gasteiger partial charge on any atom is 0.422 e. The molecule has 284 valence electrons. The van der Waals surface area contributed by atoms with Crippen LogP contribution in [0.25, 0.3) is 6.08 Å². The molecule has 8 nitrogen and oxygen atoms in total. The number of ether oxygens (including phenoxy) is 2. The predicted octanol–water partition coefficient (Wildman–Crippen LogP) is 9.16. The van der Waals surface area contributed by atoms with Crippen LogP contribution in [0.2, 0.25) is 0 Å². The third kappa shape index (κ3) is 9.45. The van der Waals surface area contributed by atoms with Crippen LogP contribution in [0, 0.1) is 23.3 Å². The number of halogens is 7. The Labute approximate surface area is 313 Å². The lowest BCUT2D eigenvalue weighted by molar-refractivity contribution is -0.143. The number of hydrogen-bond acceptors (Lipinski definition) is 6. The molecule has 55 heavy (non-hydrogen) atoms. The number of nitrogens with one attached hydrogen (secondary N) is 3. The summed E-state index contributed by atoms with van der Waals surface area (Å²) in [4.78, 5) is 40.6.